The van der Waals surface area contributed by atoms with Crippen molar-refractivity contribution in [3.63, 3.8) is 0 Å². The molecular weight excluding hydrogens is 321 g/mol. The Morgan fingerprint density at radius 3 is 2.52 bits per heavy atom. The molecule has 0 spiro atoms. The Morgan fingerprint density at radius 2 is 1.76 bits per heavy atom. The summed E-state index contributed by atoms with van der Waals surface area (Å²) in [5.41, 5.74) is 1.65. The zero-order valence-electron chi connectivity index (χ0n) is 14.2. The average molecular weight is 339 g/mol. The van der Waals surface area contributed by atoms with Crippen LogP contribution >= 0.6 is 0 Å². The van der Waals surface area contributed by atoms with Crippen LogP contribution < -0.4 is 14.8 Å². The largest absolute Gasteiger partial charge is 0.483 e. The van der Waals surface area contributed by atoms with E-state index in [2.05, 4.69) is 15.3 Å². The molecule has 6 heteroatoms. The van der Waals surface area contributed by atoms with E-state index in [1.165, 1.54) is 6.33 Å². The van der Waals surface area contributed by atoms with E-state index in [-0.39, 0.29) is 18.0 Å². The third-order valence-electron chi connectivity index (χ3n) is 4.43. The number of nitrogens with zero attached hydrogens (tertiary/aromatic N) is 2. The fourth-order valence-electron chi connectivity index (χ4n) is 2.81. The summed E-state index contributed by atoms with van der Waals surface area (Å²) >= 11 is 0. The van der Waals surface area contributed by atoms with Crippen molar-refractivity contribution in [2.24, 2.45) is 0 Å². The highest BCUT2D eigenvalue weighted by molar-refractivity contribution is 5.93. The molecule has 128 valence electrons. The number of fused-ring (bicyclic) bond motifs is 2. The summed E-state index contributed by atoms with van der Waals surface area (Å²) in [7, 11) is 0. The molecule has 5 nitrogen and oxygen atoms in total. The molecule has 0 radical (unpaired) electrons. The highest BCUT2D eigenvalue weighted by Crippen LogP contribution is 2.39. The van der Waals surface area contributed by atoms with Gasteiger partial charge in [0.25, 0.3) is 0 Å². The van der Waals surface area contributed by atoms with Crippen molar-refractivity contribution < 1.29 is 13.9 Å². The van der Waals surface area contributed by atoms with E-state index < -0.39 is 0 Å². The van der Waals surface area contributed by atoms with E-state index in [1.807, 2.05) is 26.0 Å². The van der Waals surface area contributed by atoms with Gasteiger partial charge in [-0.05, 0) is 38.5 Å². The summed E-state index contributed by atoms with van der Waals surface area (Å²) in [4.78, 5) is 8.57. The highest BCUT2D eigenvalue weighted by Gasteiger charge is 2.25. The van der Waals surface area contributed by atoms with Gasteiger partial charge in [0.2, 0.25) is 0 Å². The topological polar surface area (TPSA) is 56.3 Å². The van der Waals surface area contributed by atoms with Gasteiger partial charge in [0.05, 0.1) is 11.2 Å². The maximum absolute atomic E-state index is 14.3. The second kappa shape index (κ2) is 5.88. The van der Waals surface area contributed by atoms with Gasteiger partial charge in [-0.3, -0.25) is 0 Å². The third kappa shape index (κ3) is 2.73. The van der Waals surface area contributed by atoms with Gasteiger partial charge in [-0.2, -0.15) is 0 Å². The van der Waals surface area contributed by atoms with E-state index in [4.69, 9.17) is 9.47 Å². The lowest BCUT2D eigenvalue weighted by molar-refractivity contribution is 0.0433. The average Bonchev–Trinajstić information content (AvgIpc) is 2.59. The van der Waals surface area contributed by atoms with Gasteiger partial charge in [-0.1, -0.05) is 12.1 Å². The SMILES string of the molecule is Cc1cccc(Nc2ncnc3cc4c(cc23)OC(C)C(C)O4)c1F. The smallest absolute Gasteiger partial charge is 0.164 e. The molecule has 3 aromatic rings. The van der Waals surface area contributed by atoms with Crippen molar-refractivity contribution in [2.45, 2.75) is 33.0 Å². The maximum atomic E-state index is 14.3. The number of aromatic nitrogens is 2. The highest BCUT2D eigenvalue weighted by atomic mass is 19.1. The van der Waals surface area contributed by atoms with Crippen LogP contribution in [0.2, 0.25) is 0 Å². The van der Waals surface area contributed by atoms with Crippen LogP contribution in [-0.2, 0) is 0 Å². The fraction of sp³-hybridized carbons (Fsp3) is 0.263. The summed E-state index contributed by atoms with van der Waals surface area (Å²) in [6.45, 7) is 5.65. The van der Waals surface area contributed by atoms with E-state index in [9.17, 15) is 4.39 Å². The number of ether oxygens (including phenoxy) is 2. The van der Waals surface area contributed by atoms with Crippen molar-refractivity contribution in [3.8, 4) is 11.5 Å². The number of rotatable bonds is 2. The van der Waals surface area contributed by atoms with Crippen LogP contribution in [0.3, 0.4) is 0 Å². The van der Waals surface area contributed by atoms with Crippen molar-refractivity contribution in [1.82, 2.24) is 9.97 Å². The Bertz CT molecular complexity index is 961. The van der Waals surface area contributed by atoms with Crippen molar-refractivity contribution >= 4 is 22.4 Å². The van der Waals surface area contributed by atoms with Gasteiger partial charge in [-0.15, -0.1) is 0 Å². The first-order valence-corrected chi connectivity index (χ1v) is 8.17. The van der Waals surface area contributed by atoms with E-state index in [1.54, 1.807) is 25.1 Å². The normalized spacial score (nSPS) is 19.0. The van der Waals surface area contributed by atoms with E-state index in [0.717, 1.165) is 5.39 Å². The number of halogens is 1. The first-order valence-electron chi connectivity index (χ1n) is 8.17. The summed E-state index contributed by atoms with van der Waals surface area (Å²) in [5.74, 6) is 1.52. The minimum Gasteiger partial charge on any atom is -0.483 e. The van der Waals surface area contributed by atoms with Crippen LogP contribution in [0, 0.1) is 12.7 Å². The molecule has 1 N–H and O–H groups in total. The van der Waals surface area contributed by atoms with E-state index in [0.29, 0.717) is 34.1 Å². The molecule has 4 rings (SSSR count). The number of hydrogen-bond donors (Lipinski definition) is 1. The number of benzene rings is 2. The molecule has 0 saturated heterocycles. The Morgan fingerprint density at radius 1 is 1.04 bits per heavy atom. The van der Waals surface area contributed by atoms with Crippen LogP contribution in [0.5, 0.6) is 11.5 Å². The Kier molecular flexibility index (Phi) is 3.67. The molecule has 2 heterocycles. The molecule has 25 heavy (non-hydrogen) atoms. The van der Waals surface area contributed by atoms with Crippen LogP contribution in [0.25, 0.3) is 10.9 Å². The molecule has 2 aromatic carbocycles. The van der Waals surface area contributed by atoms with Gasteiger partial charge in [0.1, 0.15) is 30.2 Å². The number of anilines is 2. The van der Waals surface area contributed by atoms with Gasteiger partial charge in [0, 0.05) is 11.5 Å². The Labute approximate surface area is 144 Å². The molecule has 0 aliphatic carbocycles. The quantitative estimate of drug-likeness (QED) is 0.751. The molecule has 0 fully saturated rings. The second-order valence-corrected chi connectivity index (χ2v) is 6.25. The molecule has 0 bridgehead atoms. The molecule has 1 aliphatic rings. The van der Waals surface area contributed by atoms with Gasteiger partial charge in [0.15, 0.2) is 11.5 Å². The van der Waals surface area contributed by atoms with Crippen molar-refractivity contribution in [3.05, 3.63) is 48.0 Å². The number of hydrogen-bond acceptors (Lipinski definition) is 5. The van der Waals surface area contributed by atoms with Crippen LogP contribution in [0.1, 0.15) is 19.4 Å². The van der Waals surface area contributed by atoms with Gasteiger partial charge in [-0.25, -0.2) is 14.4 Å². The molecule has 1 aliphatic heterocycles. The molecule has 1 aromatic heterocycles. The Balaban J connectivity index is 1.80. The number of nitrogens with one attached hydrogen (secondary N) is 1. The summed E-state index contributed by atoms with van der Waals surface area (Å²) < 4.78 is 26.1. The minimum atomic E-state index is -0.297. The monoisotopic (exact) mass is 339 g/mol. The molecule has 0 amide bonds. The predicted octanol–water partition coefficient (Wildman–Crippen LogP) is 4.37. The molecule has 0 saturated carbocycles. The Hall–Kier alpha value is -2.89. The van der Waals surface area contributed by atoms with Crippen LogP contribution in [0.15, 0.2) is 36.7 Å². The molecule has 2 unspecified atom stereocenters. The fourth-order valence-corrected chi connectivity index (χ4v) is 2.81. The zero-order valence-corrected chi connectivity index (χ0v) is 14.2. The molecular formula is C19H18FN3O2. The van der Waals surface area contributed by atoms with Crippen LogP contribution in [-0.4, -0.2) is 22.2 Å². The predicted molar refractivity (Wildman–Crippen MR) is 94.1 cm³/mol. The van der Waals surface area contributed by atoms with E-state index >= 15 is 0 Å². The van der Waals surface area contributed by atoms with Crippen molar-refractivity contribution in [2.75, 3.05) is 5.32 Å². The summed E-state index contributed by atoms with van der Waals surface area (Å²) in [6, 6.07) is 8.86. The first-order chi connectivity index (χ1) is 12.0. The second-order valence-electron chi connectivity index (χ2n) is 6.25. The standard InChI is InChI=1S/C19H18FN3O2/c1-10-5-4-6-14(18(10)20)23-19-13-7-16-17(8-15(13)21-9-22-19)25-12(3)11(2)24-16/h4-9,11-12H,1-3H3,(H,21,22,23). The van der Waals surface area contributed by atoms with Crippen molar-refractivity contribution in [1.29, 1.82) is 0 Å². The lowest BCUT2D eigenvalue weighted by atomic mass is 10.1. The summed E-state index contributed by atoms with van der Waals surface area (Å²) in [5, 5.41) is 3.80. The van der Waals surface area contributed by atoms with Crippen LogP contribution in [0.4, 0.5) is 15.9 Å². The lowest BCUT2D eigenvalue weighted by Crippen LogP contribution is -2.34. The minimum absolute atomic E-state index is 0.0363. The lowest BCUT2D eigenvalue weighted by Gasteiger charge is -2.30. The summed E-state index contributed by atoms with van der Waals surface area (Å²) in [6.07, 6.45) is 1.35. The molecule has 2 atom stereocenters. The number of aryl methyl sites for hydroxylation is 1. The van der Waals surface area contributed by atoms with Gasteiger partial charge < -0.3 is 14.8 Å². The first kappa shape index (κ1) is 15.6. The third-order valence-corrected chi connectivity index (χ3v) is 4.43. The maximum Gasteiger partial charge on any atom is 0.164 e. The van der Waals surface area contributed by atoms with Gasteiger partial charge >= 0.3 is 0 Å². The zero-order chi connectivity index (χ0) is 17.6.